The Hall–Kier alpha value is -1.28. The lowest BCUT2D eigenvalue weighted by Gasteiger charge is -2.31. The van der Waals surface area contributed by atoms with Crippen molar-refractivity contribution in [2.24, 2.45) is 5.41 Å². The molecule has 3 unspecified atom stereocenters. The molecule has 3 atom stereocenters. The molecule has 0 bridgehead atoms. The fourth-order valence-corrected chi connectivity index (χ4v) is 2.96. The normalized spacial score (nSPS) is 13.8. The number of rotatable bonds is 7. The maximum atomic E-state index is 12.6. The number of hydrogen-bond acceptors (Lipinski definition) is 3. The van der Waals surface area contributed by atoms with Gasteiger partial charge in [0.05, 0.1) is 17.7 Å². The summed E-state index contributed by atoms with van der Waals surface area (Å²) in [6.07, 6.45) is 2.86. The van der Waals surface area contributed by atoms with Gasteiger partial charge in [-0.05, 0) is 30.6 Å². The standard InChI is InChI=1S/C17H27N2O2P.C2H6/c1-6-12(13-9-7-8-10-18-13)16(21)19-15(17(2,3)4)14(20)11-22-5;1-2/h7-10,12,15,22H,6,11H2,1-5H3,(H,19,21);1-2H3. The first-order valence-corrected chi connectivity index (χ1v) is 10.4. The van der Waals surface area contributed by atoms with Crippen molar-refractivity contribution in [3.05, 3.63) is 30.1 Å². The zero-order valence-electron chi connectivity index (χ0n) is 16.1. The van der Waals surface area contributed by atoms with Crippen LogP contribution in [-0.4, -0.2) is 35.5 Å². The highest BCUT2D eigenvalue weighted by atomic mass is 31.1. The minimum Gasteiger partial charge on any atom is -0.345 e. The minimum atomic E-state index is -0.454. The van der Waals surface area contributed by atoms with E-state index < -0.39 is 6.04 Å². The molecule has 1 aromatic rings. The minimum absolute atomic E-state index is 0.109. The summed E-state index contributed by atoms with van der Waals surface area (Å²) < 4.78 is 0. The number of nitrogens with zero attached hydrogens (tertiary/aromatic N) is 1. The molecular formula is C19H33N2O2P. The molecule has 1 N–H and O–H groups in total. The molecule has 24 heavy (non-hydrogen) atoms. The van der Waals surface area contributed by atoms with Crippen LogP contribution in [0, 0.1) is 5.41 Å². The molecule has 0 saturated carbocycles. The fraction of sp³-hybridized carbons (Fsp3) is 0.632. The lowest BCUT2D eigenvalue weighted by atomic mass is 9.84. The van der Waals surface area contributed by atoms with Crippen LogP contribution in [0.5, 0.6) is 0 Å². The third-order valence-corrected chi connectivity index (χ3v) is 4.30. The van der Waals surface area contributed by atoms with Crippen molar-refractivity contribution < 1.29 is 9.59 Å². The van der Waals surface area contributed by atoms with Gasteiger partial charge in [-0.15, -0.1) is 8.58 Å². The lowest BCUT2D eigenvalue weighted by molar-refractivity contribution is -0.130. The van der Waals surface area contributed by atoms with Crippen molar-refractivity contribution in [3.63, 3.8) is 0 Å². The van der Waals surface area contributed by atoms with Gasteiger partial charge in [-0.25, -0.2) is 0 Å². The van der Waals surface area contributed by atoms with Crippen LogP contribution in [0.2, 0.25) is 0 Å². The predicted octanol–water partition coefficient (Wildman–Crippen LogP) is 4.01. The van der Waals surface area contributed by atoms with E-state index in [0.29, 0.717) is 21.2 Å². The van der Waals surface area contributed by atoms with Gasteiger partial charge in [-0.3, -0.25) is 14.6 Å². The summed E-state index contributed by atoms with van der Waals surface area (Å²) in [7, 11) is 0.561. The topological polar surface area (TPSA) is 59.1 Å². The van der Waals surface area contributed by atoms with Crippen molar-refractivity contribution in [1.82, 2.24) is 10.3 Å². The summed E-state index contributed by atoms with van der Waals surface area (Å²) in [6.45, 7) is 13.9. The van der Waals surface area contributed by atoms with Crippen molar-refractivity contribution >= 4 is 20.3 Å². The molecular weight excluding hydrogens is 319 g/mol. The number of ketones is 1. The Balaban J connectivity index is 0.00000254. The number of aromatic nitrogens is 1. The van der Waals surface area contributed by atoms with Crippen molar-refractivity contribution in [2.45, 2.75) is 59.9 Å². The van der Waals surface area contributed by atoms with E-state index in [4.69, 9.17) is 0 Å². The van der Waals surface area contributed by atoms with Gasteiger partial charge in [0.25, 0.3) is 0 Å². The molecule has 0 aromatic carbocycles. The largest absolute Gasteiger partial charge is 0.345 e. The molecule has 1 amide bonds. The first kappa shape index (κ1) is 22.7. The van der Waals surface area contributed by atoms with Gasteiger partial charge in [0.15, 0.2) is 5.78 Å². The van der Waals surface area contributed by atoms with Gasteiger partial charge in [0.1, 0.15) is 0 Å². The van der Waals surface area contributed by atoms with Crippen LogP contribution in [-0.2, 0) is 9.59 Å². The van der Waals surface area contributed by atoms with Gasteiger partial charge in [0.2, 0.25) is 5.91 Å². The van der Waals surface area contributed by atoms with Crippen LogP contribution in [0.4, 0.5) is 0 Å². The number of pyridine rings is 1. The summed E-state index contributed by atoms with van der Waals surface area (Å²) in [4.78, 5) is 29.3. The maximum Gasteiger partial charge on any atom is 0.229 e. The number of Topliss-reactive ketones (excluding diaryl/α,β-unsaturated/α-hetero) is 1. The van der Waals surface area contributed by atoms with Gasteiger partial charge >= 0.3 is 0 Å². The van der Waals surface area contributed by atoms with E-state index in [1.807, 2.05) is 66.4 Å². The van der Waals surface area contributed by atoms with Crippen LogP contribution in [0.25, 0.3) is 0 Å². The molecule has 0 saturated heterocycles. The predicted molar refractivity (Wildman–Crippen MR) is 104 cm³/mol. The lowest BCUT2D eigenvalue weighted by Crippen LogP contribution is -2.51. The molecule has 4 nitrogen and oxygen atoms in total. The second-order valence-electron chi connectivity index (χ2n) is 6.52. The number of carbonyl (C=O) groups excluding carboxylic acids is 2. The molecule has 0 fully saturated rings. The van der Waals surface area contributed by atoms with Crippen molar-refractivity contribution in [3.8, 4) is 0 Å². The molecule has 0 aliphatic heterocycles. The Labute approximate surface area is 149 Å². The average Bonchev–Trinajstić information content (AvgIpc) is 2.55. The van der Waals surface area contributed by atoms with E-state index in [1.54, 1.807) is 6.20 Å². The van der Waals surface area contributed by atoms with Crippen LogP contribution in [0.3, 0.4) is 0 Å². The Kier molecular flexibility index (Phi) is 10.7. The molecule has 0 radical (unpaired) electrons. The van der Waals surface area contributed by atoms with Gasteiger partial charge < -0.3 is 5.32 Å². The first-order valence-electron chi connectivity index (χ1n) is 8.69. The van der Waals surface area contributed by atoms with Gasteiger partial charge in [-0.2, -0.15) is 0 Å². The maximum absolute atomic E-state index is 12.6. The van der Waals surface area contributed by atoms with E-state index in [2.05, 4.69) is 10.3 Å². The Bertz CT molecular complexity index is 498. The molecule has 1 heterocycles. The molecule has 0 spiro atoms. The molecule has 0 aliphatic rings. The fourth-order valence-electron chi connectivity index (χ4n) is 2.41. The third-order valence-electron chi connectivity index (χ3n) is 3.60. The van der Waals surface area contributed by atoms with E-state index in [1.165, 1.54) is 0 Å². The first-order chi connectivity index (χ1) is 11.3. The summed E-state index contributed by atoms with van der Waals surface area (Å²) >= 11 is 0. The Morgan fingerprint density at radius 1 is 1.25 bits per heavy atom. The monoisotopic (exact) mass is 352 g/mol. The van der Waals surface area contributed by atoms with E-state index in [-0.39, 0.29) is 23.0 Å². The van der Waals surface area contributed by atoms with Crippen molar-refractivity contribution in [1.29, 1.82) is 0 Å². The van der Waals surface area contributed by atoms with E-state index in [0.717, 1.165) is 5.69 Å². The Morgan fingerprint density at radius 3 is 2.29 bits per heavy atom. The quantitative estimate of drug-likeness (QED) is 0.754. The smallest absolute Gasteiger partial charge is 0.229 e. The SMILES string of the molecule is CC.CCC(C(=O)NC(C(=O)CPC)C(C)(C)C)c1ccccn1. The molecule has 1 aromatic heterocycles. The number of hydrogen-bond donors (Lipinski definition) is 1. The van der Waals surface area contributed by atoms with Gasteiger partial charge in [-0.1, -0.05) is 47.6 Å². The summed E-state index contributed by atoms with van der Waals surface area (Å²) in [5.41, 5.74) is 0.453. The van der Waals surface area contributed by atoms with Crippen LogP contribution >= 0.6 is 8.58 Å². The second-order valence-corrected chi connectivity index (χ2v) is 7.58. The molecule has 136 valence electrons. The molecule has 5 heteroatoms. The highest BCUT2D eigenvalue weighted by Gasteiger charge is 2.33. The van der Waals surface area contributed by atoms with E-state index in [9.17, 15) is 9.59 Å². The van der Waals surface area contributed by atoms with E-state index >= 15 is 0 Å². The number of amides is 1. The number of carbonyl (C=O) groups is 2. The summed E-state index contributed by atoms with van der Waals surface area (Å²) in [5.74, 6) is -0.325. The summed E-state index contributed by atoms with van der Waals surface area (Å²) in [6, 6.07) is 5.11. The molecule has 1 rings (SSSR count). The third kappa shape index (κ3) is 7.09. The summed E-state index contributed by atoms with van der Waals surface area (Å²) in [5, 5.41) is 2.97. The zero-order valence-corrected chi connectivity index (χ0v) is 17.1. The average molecular weight is 352 g/mol. The highest BCUT2D eigenvalue weighted by molar-refractivity contribution is 7.38. The molecule has 0 aliphatic carbocycles. The van der Waals surface area contributed by atoms with Crippen molar-refractivity contribution in [2.75, 3.05) is 12.8 Å². The van der Waals surface area contributed by atoms with Crippen LogP contribution in [0.1, 0.15) is 59.6 Å². The van der Waals surface area contributed by atoms with Crippen LogP contribution in [0.15, 0.2) is 24.4 Å². The number of nitrogens with one attached hydrogen (secondary N) is 1. The highest BCUT2D eigenvalue weighted by Crippen LogP contribution is 2.24. The second kappa shape index (κ2) is 11.3. The Morgan fingerprint density at radius 2 is 1.88 bits per heavy atom. The van der Waals surface area contributed by atoms with Crippen LogP contribution < -0.4 is 5.32 Å². The zero-order chi connectivity index (χ0) is 18.8. The van der Waals surface area contributed by atoms with Gasteiger partial charge in [0, 0.05) is 12.4 Å².